The third-order valence-electron chi connectivity index (χ3n) is 6.83. The molecule has 154 valence electrons. The number of rotatable bonds is 5. The Labute approximate surface area is 179 Å². The van der Waals surface area contributed by atoms with E-state index in [2.05, 4.69) is 47.1 Å². The summed E-state index contributed by atoms with van der Waals surface area (Å²) in [4.78, 5) is 17.6. The van der Waals surface area contributed by atoms with E-state index in [0.717, 1.165) is 44.7 Å². The van der Waals surface area contributed by atoms with Crippen LogP contribution in [0.4, 0.5) is 0 Å². The molecule has 4 rings (SSSR count). The quantitative estimate of drug-likeness (QED) is 0.666. The van der Waals surface area contributed by atoms with Crippen LogP contribution in [-0.4, -0.2) is 48.4 Å². The first-order chi connectivity index (χ1) is 14.1. The minimum atomic E-state index is 0.144. The molecule has 1 amide bonds. The van der Waals surface area contributed by atoms with Gasteiger partial charge in [0.05, 0.1) is 0 Å². The minimum Gasteiger partial charge on any atom is -0.338 e. The van der Waals surface area contributed by atoms with Crippen molar-refractivity contribution in [3.63, 3.8) is 0 Å². The lowest BCUT2D eigenvalue weighted by molar-refractivity contribution is 0.0780. The number of nitrogens with zero attached hydrogens (tertiary/aromatic N) is 2. The fraction of sp³-hybridized carbons (Fsp3) is 0.480. The first kappa shape index (κ1) is 20.4. The van der Waals surface area contributed by atoms with Crippen LogP contribution < -0.4 is 0 Å². The van der Waals surface area contributed by atoms with Crippen molar-refractivity contribution in [2.75, 3.05) is 32.7 Å². The third kappa shape index (κ3) is 4.84. The molecule has 2 fully saturated rings. The predicted octanol–water partition coefficient (Wildman–Crippen LogP) is 5.32. The lowest BCUT2D eigenvalue weighted by Gasteiger charge is -2.34. The SMILES string of the molecule is CC[C@H]1CN(C(=O)c2ccc(Cl)cc2)C[C@@H]1CN1CCC(c2ccccc2)CC1. The number of amides is 1. The molecule has 0 unspecified atom stereocenters. The first-order valence-corrected chi connectivity index (χ1v) is 11.3. The zero-order valence-corrected chi connectivity index (χ0v) is 18.0. The van der Waals surface area contributed by atoms with Crippen LogP contribution in [-0.2, 0) is 0 Å². The molecule has 0 bridgehead atoms. The molecule has 0 N–H and O–H groups in total. The Balaban J connectivity index is 1.33. The molecule has 2 aliphatic rings. The second-order valence-corrected chi connectivity index (χ2v) is 9.07. The van der Waals surface area contributed by atoms with Gasteiger partial charge in [-0.05, 0) is 73.5 Å². The van der Waals surface area contributed by atoms with Gasteiger partial charge in [0.1, 0.15) is 0 Å². The fourth-order valence-corrected chi connectivity index (χ4v) is 5.18. The Bertz CT molecular complexity index is 799. The summed E-state index contributed by atoms with van der Waals surface area (Å²) in [6.45, 7) is 7.46. The van der Waals surface area contributed by atoms with Gasteiger partial charge in [-0.2, -0.15) is 0 Å². The molecule has 2 aliphatic heterocycles. The molecule has 0 aliphatic carbocycles. The Hall–Kier alpha value is -1.84. The van der Waals surface area contributed by atoms with E-state index in [9.17, 15) is 4.79 Å². The Kier molecular flexibility index (Phi) is 6.56. The van der Waals surface area contributed by atoms with E-state index in [1.54, 1.807) is 12.1 Å². The maximum absolute atomic E-state index is 12.9. The van der Waals surface area contributed by atoms with Crippen LogP contribution in [0.5, 0.6) is 0 Å². The average Bonchev–Trinajstić information content (AvgIpc) is 3.18. The van der Waals surface area contributed by atoms with E-state index in [-0.39, 0.29) is 5.91 Å². The highest BCUT2D eigenvalue weighted by molar-refractivity contribution is 6.30. The van der Waals surface area contributed by atoms with Gasteiger partial charge >= 0.3 is 0 Å². The number of hydrogen-bond donors (Lipinski definition) is 0. The molecule has 3 nitrogen and oxygen atoms in total. The van der Waals surface area contributed by atoms with Crippen LogP contribution in [0.15, 0.2) is 54.6 Å². The topological polar surface area (TPSA) is 23.6 Å². The molecule has 29 heavy (non-hydrogen) atoms. The third-order valence-corrected chi connectivity index (χ3v) is 7.08. The molecule has 0 saturated carbocycles. The van der Waals surface area contributed by atoms with Crippen LogP contribution in [0.3, 0.4) is 0 Å². The standard InChI is InChI=1S/C25H31ClN2O/c1-2-19-17-28(25(29)22-8-10-24(26)11-9-22)18-23(19)16-27-14-12-21(13-15-27)20-6-4-3-5-7-20/h3-11,19,21,23H,2,12-18H2,1H3/t19-,23-/m0/s1. The van der Waals surface area contributed by atoms with Gasteiger partial charge in [0.15, 0.2) is 0 Å². The highest BCUT2D eigenvalue weighted by Crippen LogP contribution is 2.32. The molecule has 0 spiro atoms. The number of halogens is 1. The molecular weight excluding hydrogens is 380 g/mol. The smallest absolute Gasteiger partial charge is 0.253 e. The number of piperidine rings is 1. The summed E-state index contributed by atoms with van der Waals surface area (Å²) >= 11 is 5.97. The van der Waals surface area contributed by atoms with E-state index in [1.165, 1.54) is 18.4 Å². The Morgan fingerprint density at radius 1 is 0.966 bits per heavy atom. The highest BCUT2D eigenvalue weighted by atomic mass is 35.5. The molecule has 2 heterocycles. The summed E-state index contributed by atoms with van der Waals surface area (Å²) in [6, 6.07) is 18.2. The van der Waals surface area contributed by atoms with Crippen molar-refractivity contribution in [2.45, 2.75) is 32.1 Å². The lowest BCUT2D eigenvalue weighted by Crippen LogP contribution is -2.38. The van der Waals surface area contributed by atoms with Crippen LogP contribution in [0.2, 0.25) is 5.02 Å². The van der Waals surface area contributed by atoms with Crippen LogP contribution in [0.25, 0.3) is 0 Å². The van der Waals surface area contributed by atoms with Crippen LogP contribution >= 0.6 is 11.6 Å². The zero-order chi connectivity index (χ0) is 20.2. The number of likely N-dealkylation sites (tertiary alicyclic amines) is 2. The van der Waals surface area contributed by atoms with E-state index in [4.69, 9.17) is 11.6 Å². The van der Waals surface area contributed by atoms with Crippen molar-refractivity contribution >= 4 is 17.5 Å². The molecule has 0 radical (unpaired) electrons. The molecule has 2 saturated heterocycles. The van der Waals surface area contributed by atoms with Crippen molar-refractivity contribution < 1.29 is 4.79 Å². The lowest BCUT2D eigenvalue weighted by atomic mass is 9.88. The van der Waals surface area contributed by atoms with Crippen molar-refractivity contribution in [2.24, 2.45) is 11.8 Å². The summed E-state index contributed by atoms with van der Waals surface area (Å²) in [5, 5.41) is 0.672. The molecule has 2 aromatic rings. The molecule has 2 aromatic carbocycles. The normalized spacial score (nSPS) is 23.4. The Morgan fingerprint density at radius 2 is 1.62 bits per heavy atom. The van der Waals surface area contributed by atoms with E-state index in [0.29, 0.717) is 22.8 Å². The van der Waals surface area contributed by atoms with Gasteiger partial charge in [-0.25, -0.2) is 0 Å². The zero-order valence-electron chi connectivity index (χ0n) is 17.3. The summed E-state index contributed by atoms with van der Waals surface area (Å²) in [6.07, 6.45) is 3.61. The van der Waals surface area contributed by atoms with Gasteiger partial charge in [-0.15, -0.1) is 0 Å². The van der Waals surface area contributed by atoms with E-state index >= 15 is 0 Å². The summed E-state index contributed by atoms with van der Waals surface area (Å²) in [5.41, 5.74) is 2.23. The van der Waals surface area contributed by atoms with Gasteiger partial charge in [0.2, 0.25) is 0 Å². The Morgan fingerprint density at radius 3 is 2.28 bits per heavy atom. The average molecular weight is 411 g/mol. The van der Waals surface area contributed by atoms with Crippen molar-refractivity contribution in [3.05, 3.63) is 70.7 Å². The van der Waals surface area contributed by atoms with Gasteiger partial charge in [0.25, 0.3) is 5.91 Å². The van der Waals surface area contributed by atoms with Gasteiger partial charge in [-0.3, -0.25) is 4.79 Å². The number of carbonyl (C=O) groups is 1. The van der Waals surface area contributed by atoms with Crippen molar-refractivity contribution in [3.8, 4) is 0 Å². The predicted molar refractivity (Wildman–Crippen MR) is 119 cm³/mol. The summed E-state index contributed by atoms with van der Waals surface area (Å²) in [7, 11) is 0. The fourth-order valence-electron chi connectivity index (χ4n) is 5.05. The maximum atomic E-state index is 12.9. The van der Waals surface area contributed by atoms with Crippen molar-refractivity contribution in [1.29, 1.82) is 0 Å². The van der Waals surface area contributed by atoms with Crippen LogP contribution in [0.1, 0.15) is 48.0 Å². The monoisotopic (exact) mass is 410 g/mol. The largest absolute Gasteiger partial charge is 0.338 e. The van der Waals surface area contributed by atoms with Gasteiger partial charge in [-0.1, -0.05) is 55.3 Å². The second-order valence-electron chi connectivity index (χ2n) is 8.63. The van der Waals surface area contributed by atoms with Crippen LogP contribution in [0, 0.1) is 11.8 Å². The second kappa shape index (κ2) is 9.32. The molecule has 4 heteroatoms. The van der Waals surface area contributed by atoms with E-state index in [1.807, 2.05) is 12.1 Å². The molecular formula is C25H31ClN2O. The number of benzene rings is 2. The summed E-state index contributed by atoms with van der Waals surface area (Å²) < 4.78 is 0. The number of carbonyl (C=O) groups excluding carboxylic acids is 1. The highest BCUT2D eigenvalue weighted by Gasteiger charge is 2.36. The van der Waals surface area contributed by atoms with Gasteiger partial charge in [0, 0.05) is 30.2 Å². The van der Waals surface area contributed by atoms with Gasteiger partial charge < -0.3 is 9.80 Å². The number of hydrogen-bond acceptors (Lipinski definition) is 2. The van der Waals surface area contributed by atoms with Crippen molar-refractivity contribution in [1.82, 2.24) is 9.80 Å². The molecule has 0 aromatic heterocycles. The molecule has 2 atom stereocenters. The minimum absolute atomic E-state index is 0.144. The first-order valence-electron chi connectivity index (χ1n) is 11.0. The summed E-state index contributed by atoms with van der Waals surface area (Å²) in [5.74, 6) is 2.01. The van der Waals surface area contributed by atoms with E-state index < -0.39 is 0 Å². The maximum Gasteiger partial charge on any atom is 0.253 e.